The quantitative estimate of drug-likeness (QED) is 0.391. The van der Waals surface area contributed by atoms with Gasteiger partial charge in [-0.05, 0) is 28.0 Å². The molecule has 2 aromatic heterocycles. The summed E-state index contributed by atoms with van der Waals surface area (Å²) in [6.45, 7) is 8.01. The highest BCUT2D eigenvalue weighted by Gasteiger charge is 2.17. The first-order valence-electron chi connectivity index (χ1n) is 7.69. The van der Waals surface area contributed by atoms with Crippen LogP contribution in [0, 0.1) is 5.82 Å². The summed E-state index contributed by atoms with van der Waals surface area (Å²) in [6, 6.07) is 6.20. The fraction of sp³-hybridized carbons (Fsp3) is 0.375. The van der Waals surface area contributed by atoms with Gasteiger partial charge in [0.25, 0.3) is 0 Å². The van der Waals surface area contributed by atoms with Gasteiger partial charge in [0, 0.05) is 31.0 Å². The topological polar surface area (TPSA) is 39.9 Å². The lowest BCUT2D eigenvalue weighted by Crippen LogP contribution is -2.22. The number of halogens is 2. The monoisotopic (exact) mass is 427 g/mol. The first kappa shape index (κ1) is 17.7. The number of benzene rings is 1. The van der Waals surface area contributed by atoms with Crippen molar-refractivity contribution in [2.45, 2.75) is 32.4 Å². The highest BCUT2D eigenvalue weighted by atomic mass is 79.9. The summed E-state index contributed by atoms with van der Waals surface area (Å²) >= 11 is 4.70. The number of hydrogen-bond donors (Lipinski definition) is 0. The van der Waals surface area contributed by atoms with Crippen LogP contribution in [0.1, 0.15) is 0 Å². The summed E-state index contributed by atoms with van der Waals surface area (Å²) in [7, 11) is -1.12. The molecule has 3 aromatic rings. The molecule has 0 atom stereocenters. The van der Waals surface area contributed by atoms with Gasteiger partial charge in [-0.3, -0.25) is 0 Å². The van der Waals surface area contributed by atoms with Gasteiger partial charge in [-0.25, -0.2) is 14.1 Å². The Morgan fingerprint density at radius 3 is 2.88 bits per heavy atom. The molecule has 0 N–H and O–H groups in total. The van der Waals surface area contributed by atoms with Crippen molar-refractivity contribution in [1.82, 2.24) is 14.8 Å². The van der Waals surface area contributed by atoms with Gasteiger partial charge in [0.1, 0.15) is 12.5 Å². The van der Waals surface area contributed by atoms with Crippen LogP contribution >= 0.6 is 27.3 Å². The van der Waals surface area contributed by atoms with Crippen LogP contribution in [0.15, 0.2) is 28.3 Å². The Bertz CT molecular complexity index is 859. The average Bonchev–Trinajstić information content (AvgIpc) is 3.07. The van der Waals surface area contributed by atoms with Crippen molar-refractivity contribution < 1.29 is 9.13 Å². The number of thiophene rings is 1. The molecule has 0 amide bonds. The Balaban J connectivity index is 1.85. The number of hydrogen-bond acceptors (Lipinski definition) is 4. The van der Waals surface area contributed by atoms with Gasteiger partial charge in [0.05, 0.1) is 4.70 Å². The maximum absolute atomic E-state index is 13.9. The molecule has 1 aromatic carbocycles. The van der Waals surface area contributed by atoms with Crippen molar-refractivity contribution >= 4 is 45.4 Å². The van der Waals surface area contributed by atoms with Crippen LogP contribution in [0.3, 0.4) is 0 Å². The second-order valence-electron chi connectivity index (χ2n) is 6.82. The molecule has 8 heteroatoms. The molecule has 128 valence electrons. The van der Waals surface area contributed by atoms with Gasteiger partial charge in [-0.15, -0.1) is 16.4 Å². The number of nitrogens with zero attached hydrogens (tertiary/aromatic N) is 3. The molecule has 0 fully saturated rings. The lowest BCUT2D eigenvalue weighted by Gasteiger charge is -2.15. The molecular weight excluding hydrogens is 409 g/mol. The van der Waals surface area contributed by atoms with Gasteiger partial charge in [-0.1, -0.05) is 31.8 Å². The van der Waals surface area contributed by atoms with Crippen molar-refractivity contribution in [2.24, 2.45) is 0 Å². The Hall–Kier alpha value is -1.09. The number of fused-ring (bicyclic) bond motifs is 1. The van der Waals surface area contributed by atoms with Crippen LogP contribution < -0.4 is 0 Å². The van der Waals surface area contributed by atoms with Crippen LogP contribution in [0.2, 0.25) is 25.7 Å². The Kier molecular flexibility index (Phi) is 5.19. The lowest BCUT2D eigenvalue weighted by atomic mass is 10.1. The molecule has 0 saturated carbocycles. The van der Waals surface area contributed by atoms with E-state index in [1.54, 1.807) is 10.7 Å². The molecule has 0 unspecified atom stereocenters. The summed E-state index contributed by atoms with van der Waals surface area (Å²) in [6.07, 6.45) is 0. The van der Waals surface area contributed by atoms with Crippen molar-refractivity contribution in [1.29, 1.82) is 0 Å². The third-order valence-electron chi connectivity index (χ3n) is 3.65. The average molecular weight is 428 g/mol. The second-order valence-corrected chi connectivity index (χ2v) is 14.0. The minimum absolute atomic E-state index is 0.208. The molecule has 0 radical (unpaired) electrons. The van der Waals surface area contributed by atoms with E-state index in [2.05, 4.69) is 45.7 Å². The van der Waals surface area contributed by atoms with Crippen LogP contribution in [-0.2, 0) is 11.5 Å². The van der Waals surface area contributed by atoms with E-state index in [-0.39, 0.29) is 5.82 Å². The van der Waals surface area contributed by atoms with Crippen LogP contribution in [0.5, 0.6) is 0 Å². The van der Waals surface area contributed by atoms with E-state index in [9.17, 15) is 4.39 Å². The summed E-state index contributed by atoms with van der Waals surface area (Å²) in [5.41, 5.74) is 0.876. The zero-order valence-corrected chi connectivity index (χ0v) is 17.2. The maximum atomic E-state index is 13.9. The van der Waals surface area contributed by atoms with E-state index in [1.165, 1.54) is 17.4 Å². The van der Waals surface area contributed by atoms with Gasteiger partial charge in [0.15, 0.2) is 5.82 Å². The van der Waals surface area contributed by atoms with E-state index in [4.69, 9.17) is 4.74 Å². The molecule has 2 heterocycles. The highest BCUT2D eigenvalue weighted by molar-refractivity contribution is 9.10. The SMILES string of the molecule is C[Si](C)(C)CCOCn1nc(Br)nc1-c1csc2c(F)cccc12. The lowest BCUT2D eigenvalue weighted by molar-refractivity contribution is 0.0794. The third kappa shape index (κ3) is 3.93. The fourth-order valence-corrected chi connectivity index (χ4v) is 4.40. The van der Waals surface area contributed by atoms with Crippen molar-refractivity contribution in [3.8, 4) is 11.4 Å². The van der Waals surface area contributed by atoms with E-state index in [1.807, 2.05) is 11.4 Å². The summed E-state index contributed by atoms with van der Waals surface area (Å²) in [5.74, 6) is 0.479. The van der Waals surface area contributed by atoms with Gasteiger partial charge in [0.2, 0.25) is 4.73 Å². The van der Waals surface area contributed by atoms with Gasteiger partial charge in [-0.2, -0.15) is 0 Å². The van der Waals surface area contributed by atoms with E-state index < -0.39 is 8.07 Å². The zero-order valence-electron chi connectivity index (χ0n) is 13.8. The molecule has 3 rings (SSSR count). The molecular formula is C16H19BrFN3OSSi. The molecule has 0 saturated heterocycles. The molecule has 0 aliphatic heterocycles. The highest BCUT2D eigenvalue weighted by Crippen LogP contribution is 2.34. The largest absolute Gasteiger partial charge is 0.359 e. The number of rotatable bonds is 6. The Morgan fingerprint density at radius 2 is 2.12 bits per heavy atom. The molecule has 0 aliphatic rings. The molecule has 0 aliphatic carbocycles. The Morgan fingerprint density at radius 1 is 1.33 bits per heavy atom. The zero-order chi connectivity index (χ0) is 17.3. The predicted molar refractivity (Wildman–Crippen MR) is 103 cm³/mol. The normalized spacial score (nSPS) is 12.2. The minimum atomic E-state index is -1.12. The maximum Gasteiger partial charge on any atom is 0.217 e. The first-order chi connectivity index (χ1) is 11.3. The minimum Gasteiger partial charge on any atom is -0.359 e. The fourth-order valence-electron chi connectivity index (χ4n) is 2.33. The second kappa shape index (κ2) is 7.03. The smallest absolute Gasteiger partial charge is 0.217 e. The van der Waals surface area contributed by atoms with Gasteiger partial charge >= 0.3 is 0 Å². The molecule has 4 nitrogen and oxygen atoms in total. The van der Waals surface area contributed by atoms with E-state index >= 15 is 0 Å². The predicted octanol–water partition coefficient (Wildman–Crippen LogP) is 5.37. The van der Waals surface area contributed by atoms with Crippen LogP contribution in [0.25, 0.3) is 21.5 Å². The molecule has 0 bridgehead atoms. The number of ether oxygens (including phenoxy) is 1. The van der Waals surface area contributed by atoms with E-state index in [0.29, 0.717) is 28.6 Å². The van der Waals surface area contributed by atoms with E-state index in [0.717, 1.165) is 17.0 Å². The van der Waals surface area contributed by atoms with Crippen LogP contribution in [0.4, 0.5) is 4.39 Å². The van der Waals surface area contributed by atoms with Crippen molar-refractivity contribution in [2.75, 3.05) is 6.61 Å². The molecule has 0 spiro atoms. The standard InChI is InChI=1S/C16H19BrFN3OSSi/c1-24(2,3)8-7-22-10-21-15(19-16(17)20-21)12-9-23-14-11(12)5-4-6-13(14)18/h4-6,9H,7-8,10H2,1-3H3. The van der Waals surface area contributed by atoms with Crippen molar-refractivity contribution in [3.63, 3.8) is 0 Å². The summed E-state index contributed by atoms with van der Waals surface area (Å²) in [4.78, 5) is 4.44. The number of aromatic nitrogens is 3. The van der Waals surface area contributed by atoms with Crippen LogP contribution in [-0.4, -0.2) is 29.4 Å². The van der Waals surface area contributed by atoms with Crippen molar-refractivity contribution in [3.05, 3.63) is 34.1 Å². The summed E-state index contributed by atoms with van der Waals surface area (Å²) in [5, 5.41) is 7.12. The third-order valence-corrected chi connectivity index (χ3v) is 6.69. The molecule has 24 heavy (non-hydrogen) atoms. The van der Waals surface area contributed by atoms with Gasteiger partial charge < -0.3 is 4.74 Å². The summed E-state index contributed by atoms with van der Waals surface area (Å²) < 4.78 is 22.6. The Labute approximate surface area is 153 Å². The first-order valence-corrected chi connectivity index (χ1v) is 13.1.